The first kappa shape index (κ1) is 12.0. The SMILES string of the molecule is CCCCC(F)C(F)Nc1ccccc1. The average Bonchev–Trinajstić information content (AvgIpc) is 2.27. The quantitative estimate of drug-likeness (QED) is 0.706. The standard InChI is InChI=1S/C12H17F2N/c1-2-3-9-11(13)12(14)15-10-7-5-4-6-8-10/h4-8,11-12,15H,2-3,9H2,1H3. The van der Waals surface area contributed by atoms with Gasteiger partial charge in [0.1, 0.15) is 6.17 Å². The third kappa shape index (κ3) is 4.28. The largest absolute Gasteiger partial charge is 0.354 e. The van der Waals surface area contributed by atoms with Crippen molar-refractivity contribution in [3.05, 3.63) is 30.3 Å². The average molecular weight is 213 g/mol. The Bertz CT molecular complexity index is 264. The minimum Gasteiger partial charge on any atom is -0.354 e. The molecule has 1 aromatic carbocycles. The van der Waals surface area contributed by atoms with Gasteiger partial charge in [0.05, 0.1) is 0 Å². The summed E-state index contributed by atoms with van der Waals surface area (Å²) in [5.41, 5.74) is 0.615. The summed E-state index contributed by atoms with van der Waals surface area (Å²) in [6.07, 6.45) is -1.15. The smallest absolute Gasteiger partial charge is 0.201 e. The van der Waals surface area contributed by atoms with Crippen LogP contribution in [0.1, 0.15) is 26.2 Å². The van der Waals surface area contributed by atoms with Gasteiger partial charge in [0.2, 0.25) is 6.30 Å². The molecule has 1 rings (SSSR count). The van der Waals surface area contributed by atoms with Crippen LogP contribution in [0.5, 0.6) is 0 Å². The van der Waals surface area contributed by atoms with Crippen LogP contribution in [-0.2, 0) is 0 Å². The zero-order chi connectivity index (χ0) is 11.1. The third-order valence-corrected chi connectivity index (χ3v) is 2.23. The van der Waals surface area contributed by atoms with E-state index in [1.54, 1.807) is 24.3 Å². The molecule has 15 heavy (non-hydrogen) atoms. The molecule has 0 radical (unpaired) electrons. The van der Waals surface area contributed by atoms with Crippen molar-refractivity contribution < 1.29 is 8.78 Å². The Hall–Kier alpha value is -1.12. The molecule has 2 atom stereocenters. The first-order valence-electron chi connectivity index (χ1n) is 5.33. The molecule has 0 saturated carbocycles. The molecule has 0 aliphatic carbocycles. The van der Waals surface area contributed by atoms with Crippen molar-refractivity contribution in [1.29, 1.82) is 0 Å². The number of rotatable bonds is 6. The summed E-state index contributed by atoms with van der Waals surface area (Å²) < 4.78 is 26.6. The molecular weight excluding hydrogens is 196 g/mol. The Morgan fingerprint density at radius 3 is 2.47 bits per heavy atom. The monoisotopic (exact) mass is 213 g/mol. The molecule has 0 fully saturated rings. The first-order chi connectivity index (χ1) is 7.24. The third-order valence-electron chi connectivity index (χ3n) is 2.23. The van der Waals surface area contributed by atoms with E-state index < -0.39 is 12.5 Å². The molecule has 3 heteroatoms. The highest BCUT2D eigenvalue weighted by Crippen LogP contribution is 2.15. The number of unbranched alkanes of at least 4 members (excludes halogenated alkanes) is 1. The number of hydrogen-bond acceptors (Lipinski definition) is 1. The minimum atomic E-state index is -1.61. The van der Waals surface area contributed by atoms with Crippen LogP contribution in [0.15, 0.2) is 30.3 Å². The zero-order valence-electron chi connectivity index (χ0n) is 8.92. The van der Waals surface area contributed by atoms with E-state index in [2.05, 4.69) is 5.32 Å². The Labute approximate surface area is 89.5 Å². The zero-order valence-corrected chi connectivity index (χ0v) is 8.92. The van der Waals surface area contributed by atoms with Gasteiger partial charge in [-0.25, -0.2) is 8.78 Å². The molecule has 1 N–H and O–H groups in total. The van der Waals surface area contributed by atoms with E-state index in [0.717, 1.165) is 12.8 Å². The van der Waals surface area contributed by atoms with E-state index >= 15 is 0 Å². The predicted octanol–water partition coefficient (Wildman–Crippen LogP) is 3.92. The normalized spacial score (nSPS) is 14.6. The molecule has 0 heterocycles. The van der Waals surface area contributed by atoms with Crippen molar-refractivity contribution in [2.45, 2.75) is 38.7 Å². The molecule has 0 saturated heterocycles. The molecule has 0 aliphatic heterocycles. The van der Waals surface area contributed by atoms with E-state index in [1.807, 2.05) is 13.0 Å². The number of alkyl halides is 2. The van der Waals surface area contributed by atoms with Crippen LogP contribution in [0.4, 0.5) is 14.5 Å². The number of nitrogens with one attached hydrogen (secondary N) is 1. The number of halogens is 2. The van der Waals surface area contributed by atoms with E-state index in [4.69, 9.17) is 0 Å². The van der Waals surface area contributed by atoms with Crippen LogP contribution in [0.3, 0.4) is 0 Å². The second kappa shape index (κ2) is 6.38. The lowest BCUT2D eigenvalue weighted by atomic mass is 10.1. The van der Waals surface area contributed by atoms with Gasteiger partial charge in [0, 0.05) is 5.69 Å². The van der Waals surface area contributed by atoms with Crippen LogP contribution in [0.25, 0.3) is 0 Å². The van der Waals surface area contributed by atoms with Gasteiger partial charge in [0.15, 0.2) is 0 Å². The first-order valence-corrected chi connectivity index (χ1v) is 5.33. The summed E-state index contributed by atoms with van der Waals surface area (Å²) in [5, 5.41) is 2.51. The topological polar surface area (TPSA) is 12.0 Å². The predicted molar refractivity (Wildman–Crippen MR) is 59.4 cm³/mol. The van der Waals surface area contributed by atoms with Gasteiger partial charge in [-0.15, -0.1) is 0 Å². The van der Waals surface area contributed by atoms with Gasteiger partial charge in [0.25, 0.3) is 0 Å². The summed E-state index contributed by atoms with van der Waals surface area (Å²) >= 11 is 0. The Balaban J connectivity index is 2.38. The fourth-order valence-electron chi connectivity index (χ4n) is 1.33. The Morgan fingerprint density at radius 2 is 1.87 bits per heavy atom. The summed E-state index contributed by atoms with van der Waals surface area (Å²) in [5.74, 6) is 0. The van der Waals surface area contributed by atoms with Crippen molar-refractivity contribution >= 4 is 5.69 Å². The summed E-state index contributed by atoms with van der Waals surface area (Å²) in [4.78, 5) is 0. The lowest BCUT2D eigenvalue weighted by Gasteiger charge is -2.15. The second-order valence-electron chi connectivity index (χ2n) is 3.57. The lowest BCUT2D eigenvalue weighted by molar-refractivity contribution is 0.176. The van der Waals surface area contributed by atoms with Crippen LogP contribution in [0.2, 0.25) is 0 Å². The Morgan fingerprint density at radius 1 is 1.20 bits per heavy atom. The van der Waals surface area contributed by atoms with Crippen molar-refractivity contribution in [1.82, 2.24) is 0 Å². The molecule has 1 aromatic rings. The van der Waals surface area contributed by atoms with Gasteiger partial charge in [-0.05, 0) is 18.6 Å². The maximum atomic E-state index is 13.3. The second-order valence-corrected chi connectivity index (χ2v) is 3.57. The highest BCUT2D eigenvalue weighted by Gasteiger charge is 2.18. The number of para-hydroxylation sites is 1. The van der Waals surface area contributed by atoms with Crippen molar-refractivity contribution in [3.8, 4) is 0 Å². The summed E-state index contributed by atoms with van der Waals surface area (Å²) in [6.45, 7) is 1.96. The highest BCUT2D eigenvalue weighted by molar-refractivity contribution is 5.43. The minimum absolute atomic E-state index is 0.275. The molecule has 84 valence electrons. The summed E-state index contributed by atoms with van der Waals surface area (Å²) in [6, 6.07) is 8.85. The molecule has 1 nitrogen and oxygen atoms in total. The maximum absolute atomic E-state index is 13.3. The van der Waals surface area contributed by atoms with Crippen molar-refractivity contribution in [2.75, 3.05) is 5.32 Å². The van der Waals surface area contributed by atoms with Gasteiger partial charge >= 0.3 is 0 Å². The van der Waals surface area contributed by atoms with Gasteiger partial charge in [-0.2, -0.15) is 0 Å². The maximum Gasteiger partial charge on any atom is 0.201 e. The fraction of sp³-hybridized carbons (Fsp3) is 0.500. The van der Waals surface area contributed by atoms with Crippen molar-refractivity contribution in [2.24, 2.45) is 0 Å². The Kier molecular flexibility index (Phi) is 5.08. The number of hydrogen-bond donors (Lipinski definition) is 1. The van der Waals surface area contributed by atoms with Crippen LogP contribution in [0, 0.1) is 0 Å². The van der Waals surface area contributed by atoms with Crippen molar-refractivity contribution in [3.63, 3.8) is 0 Å². The highest BCUT2D eigenvalue weighted by atomic mass is 19.2. The summed E-state index contributed by atoms with van der Waals surface area (Å²) in [7, 11) is 0. The molecule has 0 bridgehead atoms. The van der Waals surface area contributed by atoms with Gasteiger partial charge < -0.3 is 5.32 Å². The van der Waals surface area contributed by atoms with E-state index in [1.165, 1.54) is 0 Å². The van der Waals surface area contributed by atoms with E-state index in [-0.39, 0.29) is 6.42 Å². The van der Waals surface area contributed by atoms with Gasteiger partial charge in [-0.1, -0.05) is 38.0 Å². The fourth-order valence-corrected chi connectivity index (χ4v) is 1.33. The molecule has 0 amide bonds. The lowest BCUT2D eigenvalue weighted by Crippen LogP contribution is -2.25. The van der Waals surface area contributed by atoms with Gasteiger partial charge in [-0.3, -0.25) is 0 Å². The molecule has 2 unspecified atom stereocenters. The molecular formula is C12H17F2N. The van der Waals surface area contributed by atoms with Crippen LogP contribution >= 0.6 is 0 Å². The van der Waals surface area contributed by atoms with Crippen LogP contribution < -0.4 is 5.32 Å². The molecule has 0 spiro atoms. The van der Waals surface area contributed by atoms with E-state index in [0.29, 0.717) is 5.69 Å². The molecule has 0 aromatic heterocycles. The number of benzene rings is 1. The van der Waals surface area contributed by atoms with Crippen LogP contribution in [-0.4, -0.2) is 12.5 Å². The molecule has 0 aliphatic rings. The van der Waals surface area contributed by atoms with E-state index in [9.17, 15) is 8.78 Å². The number of anilines is 1.